The zero-order chi connectivity index (χ0) is 26.1. The third kappa shape index (κ3) is 5.66. The Bertz CT molecular complexity index is 1430. The van der Waals surface area contributed by atoms with Gasteiger partial charge in [-0.25, -0.2) is 18.9 Å². The summed E-state index contributed by atoms with van der Waals surface area (Å²) in [5.41, 5.74) is 2.29. The maximum absolute atomic E-state index is 14.0. The van der Waals surface area contributed by atoms with Gasteiger partial charge in [-0.1, -0.05) is 6.08 Å². The van der Waals surface area contributed by atoms with Crippen molar-refractivity contribution >= 4 is 32.9 Å². The molecule has 2 aromatic heterocycles. The van der Waals surface area contributed by atoms with Gasteiger partial charge in [-0.15, -0.1) is 0 Å². The zero-order valence-electron chi connectivity index (χ0n) is 20.0. The summed E-state index contributed by atoms with van der Waals surface area (Å²) in [4.78, 5) is 19.5. The molecule has 1 amide bonds. The van der Waals surface area contributed by atoms with Gasteiger partial charge < -0.3 is 19.6 Å². The minimum Gasteiger partial charge on any atom is -0.496 e. The van der Waals surface area contributed by atoms with Crippen LogP contribution in [-0.2, 0) is 14.9 Å². The van der Waals surface area contributed by atoms with Crippen LogP contribution in [0.5, 0.6) is 5.75 Å². The second-order valence-corrected chi connectivity index (χ2v) is 10.7. The van der Waals surface area contributed by atoms with Crippen LogP contribution in [0.15, 0.2) is 42.6 Å². The molecule has 0 atom stereocenters. The molecule has 0 saturated carbocycles. The number of nitrogens with zero attached hydrogens (tertiary/aromatic N) is 2. The van der Waals surface area contributed by atoms with Crippen molar-refractivity contribution < 1.29 is 32.2 Å². The van der Waals surface area contributed by atoms with Gasteiger partial charge in [0.25, 0.3) is 0 Å². The molecule has 3 heterocycles. The van der Waals surface area contributed by atoms with Crippen molar-refractivity contribution in [3.63, 3.8) is 0 Å². The van der Waals surface area contributed by atoms with Crippen LogP contribution in [0.4, 0.5) is 9.18 Å². The normalized spacial score (nSPS) is 15.0. The van der Waals surface area contributed by atoms with E-state index in [0.717, 1.165) is 26.5 Å². The van der Waals surface area contributed by atoms with E-state index in [1.165, 1.54) is 33.1 Å². The van der Waals surface area contributed by atoms with E-state index < -0.39 is 21.9 Å². The summed E-state index contributed by atoms with van der Waals surface area (Å²) in [6.45, 7) is 2.69. The standard InChI is InChI=1S/C24H27FN4O6S/c1-24(2,31)14-35-23(30)28-36(32,33)29-10-7-15(8-11-29)20-13-19-17(6-9-26-22(19)27-20)18-12-16(25)4-5-21(18)34-3/h4-7,9,12-13,31H,8,10-11,14H2,1-3H3,(H,26,27)(H,28,30). The number of nitrogens with one attached hydrogen (secondary N) is 2. The molecular weight excluding hydrogens is 491 g/mol. The lowest BCUT2D eigenvalue weighted by molar-refractivity contribution is 0.00826. The number of methoxy groups -OCH3 is 1. The Hall–Kier alpha value is -3.48. The van der Waals surface area contributed by atoms with E-state index in [1.807, 2.05) is 10.8 Å². The van der Waals surface area contributed by atoms with Gasteiger partial charge in [0.2, 0.25) is 0 Å². The number of aromatic nitrogens is 2. The van der Waals surface area contributed by atoms with E-state index in [1.54, 1.807) is 24.4 Å². The Morgan fingerprint density at radius 1 is 1.28 bits per heavy atom. The molecule has 4 rings (SSSR count). The van der Waals surface area contributed by atoms with Crippen molar-refractivity contribution in [2.45, 2.75) is 25.9 Å². The van der Waals surface area contributed by atoms with Crippen LogP contribution in [-0.4, -0.2) is 66.3 Å². The first-order valence-corrected chi connectivity index (χ1v) is 12.6. The number of pyridine rings is 1. The molecule has 0 bridgehead atoms. The van der Waals surface area contributed by atoms with Crippen LogP contribution in [0.2, 0.25) is 0 Å². The number of carbonyl (C=O) groups is 1. The zero-order valence-corrected chi connectivity index (χ0v) is 20.9. The van der Waals surface area contributed by atoms with E-state index in [-0.39, 0.29) is 25.5 Å². The molecule has 0 radical (unpaired) electrons. The quantitative estimate of drug-likeness (QED) is 0.437. The molecule has 12 heteroatoms. The van der Waals surface area contributed by atoms with Crippen molar-refractivity contribution in [2.24, 2.45) is 0 Å². The Morgan fingerprint density at radius 3 is 2.72 bits per heavy atom. The monoisotopic (exact) mass is 518 g/mol. The molecule has 10 nitrogen and oxygen atoms in total. The maximum Gasteiger partial charge on any atom is 0.422 e. The summed E-state index contributed by atoms with van der Waals surface area (Å²) >= 11 is 0. The number of amides is 1. The third-order valence-corrected chi connectivity index (χ3v) is 7.05. The molecule has 1 aliphatic rings. The van der Waals surface area contributed by atoms with Crippen LogP contribution < -0.4 is 9.46 Å². The fourth-order valence-corrected chi connectivity index (χ4v) is 4.88. The number of hydrogen-bond acceptors (Lipinski definition) is 7. The number of ether oxygens (including phenoxy) is 2. The highest BCUT2D eigenvalue weighted by atomic mass is 32.2. The highest BCUT2D eigenvalue weighted by molar-refractivity contribution is 7.87. The number of H-pyrrole nitrogens is 1. The largest absolute Gasteiger partial charge is 0.496 e. The lowest BCUT2D eigenvalue weighted by atomic mass is 10.0. The molecule has 0 saturated heterocycles. The first-order valence-electron chi connectivity index (χ1n) is 11.1. The van der Waals surface area contributed by atoms with Gasteiger partial charge in [-0.2, -0.15) is 12.7 Å². The Morgan fingerprint density at radius 2 is 2.06 bits per heavy atom. The van der Waals surface area contributed by atoms with Crippen molar-refractivity contribution in [3.8, 4) is 16.9 Å². The van der Waals surface area contributed by atoms with E-state index >= 15 is 0 Å². The fourth-order valence-electron chi connectivity index (χ4n) is 3.88. The summed E-state index contributed by atoms with van der Waals surface area (Å²) in [6, 6.07) is 7.98. The van der Waals surface area contributed by atoms with Crippen LogP contribution >= 0.6 is 0 Å². The van der Waals surface area contributed by atoms with Crippen LogP contribution in [0.25, 0.3) is 27.7 Å². The van der Waals surface area contributed by atoms with E-state index in [9.17, 15) is 22.7 Å². The molecule has 0 unspecified atom stereocenters. The van der Waals surface area contributed by atoms with Gasteiger partial charge >= 0.3 is 16.3 Å². The number of benzene rings is 1. The van der Waals surface area contributed by atoms with Crippen molar-refractivity contribution in [3.05, 3.63) is 54.1 Å². The minimum absolute atomic E-state index is 0.0385. The van der Waals surface area contributed by atoms with Gasteiger partial charge in [0.05, 0.1) is 12.7 Å². The average Bonchev–Trinajstić information content (AvgIpc) is 3.27. The number of fused-ring (bicyclic) bond motifs is 1. The van der Waals surface area contributed by atoms with Gasteiger partial charge in [0.15, 0.2) is 0 Å². The topological polar surface area (TPSA) is 134 Å². The molecule has 36 heavy (non-hydrogen) atoms. The van der Waals surface area contributed by atoms with Gasteiger partial charge in [0.1, 0.15) is 23.8 Å². The molecule has 0 spiro atoms. The van der Waals surface area contributed by atoms with Crippen LogP contribution in [0.1, 0.15) is 26.0 Å². The minimum atomic E-state index is -4.12. The maximum atomic E-state index is 14.0. The van der Waals surface area contributed by atoms with Gasteiger partial charge in [0, 0.05) is 35.9 Å². The number of carbonyl (C=O) groups excluding carboxylic acids is 1. The second-order valence-electron chi connectivity index (χ2n) is 8.98. The summed E-state index contributed by atoms with van der Waals surface area (Å²) in [5.74, 6) is 0.137. The van der Waals surface area contributed by atoms with E-state index in [4.69, 9.17) is 9.47 Å². The molecular formula is C24H27FN4O6S. The number of rotatable bonds is 7. The highest BCUT2D eigenvalue weighted by Gasteiger charge is 2.28. The Kier molecular flexibility index (Phi) is 7.03. The third-order valence-electron chi connectivity index (χ3n) is 5.61. The molecule has 3 N–H and O–H groups in total. The van der Waals surface area contributed by atoms with Gasteiger partial charge in [-0.3, -0.25) is 0 Å². The summed E-state index contributed by atoms with van der Waals surface area (Å²) < 4.78 is 52.2. The Labute approximate surface area is 207 Å². The number of hydrogen-bond donors (Lipinski definition) is 3. The molecule has 1 aliphatic heterocycles. The predicted octanol–water partition coefficient (Wildman–Crippen LogP) is 3.21. The predicted molar refractivity (Wildman–Crippen MR) is 132 cm³/mol. The highest BCUT2D eigenvalue weighted by Crippen LogP contribution is 2.36. The molecule has 3 aromatic rings. The number of aromatic amines is 1. The smallest absolute Gasteiger partial charge is 0.422 e. The molecule has 192 valence electrons. The molecule has 0 fully saturated rings. The van der Waals surface area contributed by atoms with Crippen molar-refractivity contribution in [1.82, 2.24) is 19.0 Å². The second kappa shape index (κ2) is 9.88. The summed E-state index contributed by atoms with van der Waals surface area (Å²) in [7, 11) is -2.60. The van der Waals surface area contributed by atoms with Crippen molar-refractivity contribution in [2.75, 3.05) is 26.8 Å². The molecule has 1 aromatic carbocycles. The first kappa shape index (κ1) is 25.6. The Balaban J connectivity index is 1.53. The molecule has 0 aliphatic carbocycles. The lowest BCUT2D eigenvalue weighted by Crippen LogP contribution is -2.46. The average molecular weight is 519 g/mol. The summed E-state index contributed by atoms with van der Waals surface area (Å²) in [5, 5.41) is 10.4. The fraction of sp³-hybridized carbons (Fsp3) is 0.333. The van der Waals surface area contributed by atoms with Crippen LogP contribution in [0.3, 0.4) is 0 Å². The SMILES string of the molecule is COc1ccc(F)cc1-c1ccnc2[nH]c(C3=CCN(S(=O)(=O)NC(=O)OCC(C)(C)O)CC3)cc12. The number of halogens is 1. The van der Waals surface area contributed by atoms with E-state index in [0.29, 0.717) is 23.4 Å². The lowest BCUT2D eigenvalue weighted by Gasteiger charge is -2.25. The van der Waals surface area contributed by atoms with E-state index in [2.05, 4.69) is 9.97 Å². The number of aliphatic hydroxyl groups is 1. The summed E-state index contributed by atoms with van der Waals surface area (Å²) in [6.07, 6.45) is 2.59. The van der Waals surface area contributed by atoms with Crippen LogP contribution in [0, 0.1) is 5.82 Å². The van der Waals surface area contributed by atoms with Gasteiger partial charge in [-0.05, 0) is 61.7 Å². The van der Waals surface area contributed by atoms with Crippen molar-refractivity contribution in [1.29, 1.82) is 0 Å². The first-order chi connectivity index (χ1) is 17.0.